The van der Waals surface area contributed by atoms with Crippen LogP contribution in [0.25, 0.3) is 6.08 Å². The first-order chi connectivity index (χ1) is 15.1. The average molecular weight is 408 g/mol. The van der Waals surface area contributed by atoms with Gasteiger partial charge in [-0.15, -0.1) is 0 Å². The highest BCUT2D eigenvalue weighted by molar-refractivity contribution is 5.92. The summed E-state index contributed by atoms with van der Waals surface area (Å²) < 4.78 is 0. The third-order valence-electron chi connectivity index (χ3n) is 4.90. The van der Waals surface area contributed by atoms with Crippen LogP contribution in [0.5, 0.6) is 0 Å². The lowest BCUT2D eigenvalue weighted by atomic mass is 10.2. The van der Waals surface area contributed by atoms with Crippen molar-refractivity contribution in [3.05, 3.63) is 77.5 Å². The number of benzene rings is 2. The van der Waals surface area contributed by atoms with Crippen LogP contribution in [0.1, 0.15) is 5.56 Å². The predicted octanol–water partition coefficient (Wildman–Crippen LogP) is 3.29. The molecular formula is C24H20N6O. The number of nitrogens with one attached hydrogen (secondary N) is 1. The molecule has 1 aliphatic rings. The van der Waals surface area contributed by atoms with Gasteiger partial charge in [-0.3, -0.25) is 4.79 Å². The topological polar surface area (TPSA) is 107 Å². The van der Waals surface area contributed by atoms with Crippen LogP contribution in [-0.2, 0) is 4.79 Å². The third-order valence-corrected chi connectivity index (χ3v) is 4.90. The average Bonchev–Trinajstić information content (AvgIpc) is 2.83. The number of hydrogen-bond donors (Lipinski definition) is 1. The predicted molar refractivity (Wildman–Crippen MR) is 118 cm³/mol. The second-order valence-corrected chi connectivity index (χ2v) is 6.81. The van der Waals surface area contributed by atoms with Crippen LogP contribution < -0.4 is 10.2 Å². The van der Waals surface area contributed by atoms with Gasteiger partial charge in [0.2, 0.25) is 5.91 Å². The number of allylic oxidation sites excluding steroid dienone is 2. The van der Waals surface area contributed by atoms with Gasteiger partial charge in [0.25, 0.3) is 0 Å². The second-order valence-electron chi connectivity index (χ2n) is 6.81. The number of nitrogens with zero attached hydrogens (tertiary/aromatic N) is 5. The second kappa shape index (κ2) is 10.3. The number of amides is 1. The molecule has 0 unspecified atom stereocenters. The molecular weight excluding hydrogens is 388 g/mol. The number of nitriles is 3. The molecule has 152 valence electrons. The number of anilines is 2. The van der Waals surface area contributed by atoms with Crippen molar-refractivity contribution in [2.24, 2.45) is 0 Å². The van der Waals surface area contributed by atoms with E-state index < -0.39 is 0 Å². The smallest absolute Gasteiger partial charge is 0.246 e. The van der Waals surface area contributed by atoms with E-state index in [1.807, 2.05) is 59.5 Å². The SMILES string of the molecule is N#CC(C#N)=C(C#N)Nc1ccc(N2CCN(C(=O)C=Cc3ccccc3)CC2)cc1. The van der Waals surface area contributed by atoms with Gasteiger partial charge in [-0.25, -0.2) is 0 Å². The van der Waals surface area contributed by atoms with Crippen LogP contribution >= 0.6 is 0 Å². The number of carbonyl (C=O) groups excluding carboxylic acids is 1. The maximum atomic E-state index is 12.4. The first-order valence-corrected chi connectivity index (χ1v) is 9.73. The molecule has 1 amide bonds. The van der Waals surface area contributed by atoms with Crippen molar-refractivity contribution in [1.29, 1.82) is 15.8 Å². The summed E-state index contributed by atoms with van der Waals surface area (Å²) in [5, 5.41) is 29.8. The van der Waals surface area contributed by atoms with Crippen LogP contribution in [0.3, 0.4) is 0 Å². The standard InChI is InChI=1S/C24H20N6O/c25-16-20(17-26)23(18-27)28-21-7-9-22(10-8-21)29-12-14-30(15-13-29)24(31)11-6-19-4-2-1-3-5-19/h1-11,28H,12-15H2. The van der Waals surface area contributed by atoms with Crippen molar-refractivity contribution in [3.63, 3.8) is 0 Å². The zero-order chi connectivity index (χ0) is 22.1. The fraction of sp³-hybridized carbons (Fsp3) is 0.167. The Kier molecular flexibility index (Phi) is 7.03. The quantitative estimate of drug-likeness (QED) is 0.601. The van der Waals surface area contributed by atoms with Crippen molar-refractivity contribution in [2.45, 2.75) is 0 Å². The fourth-order valence-corrected chi connectivity index (χ4v) is 3.21. The van der Waals surface area contributed by atoms with E-state index in [-0.39, 0.29) is 17.2 Å². The zero-order valence-corrected chi connectivity index (χ0v) is 16.8. The van der Waals surface area contributed by atoms with Gasteiger partial charge in [0.1, 0.15) is 23.9 Å². The normalized spacial score (nSPS) is 13.1. The van der Waals surface area contributed by atoms with Gasteiger partial charge in [0.05, 0.1) is 0 Å². The number of carbonyl (C=O) groups is 1. The maximum Gasteiger partial charge on any atom is 0.246 e. The molecule has 2 aromatic carbocycles. The molecule has 0 saturated carbocycles. The number of piperazine rings is 1. The van der Waals surface area contributed by atoms with Gasteiger partial charge in [-0.1, -0.05) is 30.3 Å². The van der Waals surface area contributed by atoms with Crippen molar-refractivity contribution in [3.8, 4) is 18.2 Å². The lowest BCUT2D eigenvalue weighted by Crippen LogP contribution is -2.48. The summed E-state index contributed by atoms with van der Waals surface area (Å²) in [5.41, 5.74) is 2.28. The van der Waals surface area contributed by atoms with Crippen molar-refractivity contribution in [2.75, 3.05) is 36.4 Å². The minimum atomic E-state index is -0.256. The molecule has 1 N–H and O–H groups in total. The molecule has 1 saturated heterocycles. The van der Waals surface area contributed by atoms with Crippen LogP contribution in [-0.4, -0.2) is 37.0 Å². The molecule has 0 atom stereocenters. The molecule has 31 heavy (non-hydrogen) atoms. The van der Waals surface area contributed by atoms with E-state index in [9.17, 15) is 4.79 Å². The molecule has 0 aromatic heterocycles. The minimum absolute atomic E-state index is 0.00432. The summed E-state index contributed by atoms with van der Waals surface area (Å²) in [7, 11) is 0. The summed E-state index contributed by atoms with van der Waals surface area (Å²) in [4.78, 5) is 16.5. The van der Waals surface area contributed by atoms with Crippen LogP contribution in [0, 0.1) is 34.0 Å². The summed E-state index contributed by atoms with van der Waals surface area (Å²) in [6.45, 7) is 2.70. The highest BCUT2D eigenvalue weighted by Crippen LogP contribution is 2.21. The zero-order valence-electron chi connectivity index (χ0n) is 16.8. The van der Waals surface area contributed by atoms with Crippen LogP contribution in [0.4, 0.5) is 11.4 Å². The summed E-state index contributed by atoms with van der Waals surface area (Å²) in [5.74, 6) is 0.00432. The molecule has 0 spiro atoms. The van der Waals surface area contributed by atoms with Gasteiger partial charge >= 0.3 is 0 Å². The Balaban J connectivity index is 1.56. The Bertz CT molecular complexity index is 1090. The monoisotopic (exact) mass is 408 g/mol. The Morgan fingerprint density at radius 1 is 0.871 bits per heavy atom. The number of rotatable bonds is 5. The van der Waals surface area contributed by atoms with Crippen LogP contribution in [0.2, 0.25) is 0 Å². The first kappa shape index (κ1) is 21.2. The highest BCUT2D eigenvalue weighted by atomic mass is 16.2. The largest absolute Gasteiger partial charge is 0.368 e. The van der Waals surface area contributed by atoms with Gasteiger partial charge in [-0.2, -0.15) is 15.8 Å². The molecule has 1 aliphatic heterocycles. The van der Waals surface area contributed by atoms with Crippen molar-refractivity contribution < 1.29 is 4.79 Å². The Morgan fingerprint density at radius 2 is 1.52 bits per heavy atom. The fourth-order valence-electron chi connectivity index (χ4n) is 3.21. The van der Waals surface area contributed by atoms with Crippen LogP contribution in [0.15, 0.2) is 71.9 Å². The van der Waals surface area contributed by atoms with E-state index in [4.69, 9.17) is 15.8 Å². The van der Waals surface area contributed by atoms with E-state index in [1.165, 1.54) is 0 Å². The summed E-state index contributed by atoms with van der Waals surface area (Å²) in [6.07, 6.45) is 3.44. The Morgan fingerprint density at radius 3 is 2.10 bits per heavy atom. The van der Waals surface area contributed by atoms with Gasteiger partial charge < -0.3 is 15.1 Å². The molecule has 0 radical (unpaired) electrons. The van der Waals surface area contributed by atoms with E-state index in [2.05, 4.69) is 10.2 Å². The lowest BCUT2D eigenvalue weighted by Gasteiger charge is -2.35. The third kappa shape index (κ3) is 5.50. The van der Waals surface area contributed by atoms with Crippen molar-refractivity contribution >= 4 is 23.4 Å². The van der Waals surface area contributed by atoms with Gasteiger partial charge in [0, 0.05) is 43.6 Å². The summed E-state index contributed by atoms with van der Waals surface area (Å²) >= 11 is 0. The molecule has 7 heteroatoms. The Labute approximate surface area is 181 Å². The van der Waals surface area contributed by atoms with Crippen molar-refractivity contribution in [1.82, 2.24) is 4.90 Å². The first-order valence-electron chi connectivity index (χ1n) is 9.73. The molecule has 1 heterocycles. The maximum absolute atomic E-state index is 12.4. The summed E-state index contributed by atoms with van der Waals surface area (Å²) in [6, 6.07) is 22.4. The van der Waals surface area contributed by atoms with Gasteiger partial charge in [0.15, 0.2) is 5.57 Å². The molecule has 0 aliphatic carbocycles. The van der Waals surface area contributed by atoms with E-state index in [0.717, 1.165) is 11.3 Å². The number of hydrogen-bond acceptors (Lipinski definition) is 6. The Hall–Kier alpha value is -4.54. The van der Waals surface area contributed by atoms with E-state index in [1.54, 1.807) is 30.3 Å². The van der Waals surface area contributed by atoms with E-state index >= 15 is 0 Å². The minimum Gasteiger partial charge on any atom is -0.368 e. The molecule has 3 rings (SSSR count). The van der Waals surface area contributed by atoms with E-state index in [0.29, 0.717) is 31.9 Å². The van der Waals surface area contributed by atoms with Gasteiger partial charge in [-0.05, 0) is 35.9 Å². The molecule has 2 aromatic rings. The molecule has 7 nitrogen and oxygen atoms in total. The molecule has 1 fully saturated rings. The highest BCUT2D eigenvalue weighted by Gasteiger charge is 2.19. The lowest BCUT2D eigenvalue weighted by molar-refractivity contribution is -0.126. The molecule has 0 bridgehead atoms.